The smallest absolute Gasteiger partial charge is 0.316 e. The van der Waals surface area contributed by atoms with Gasteiger partial charge in [0.05, 0.1) is 7.11 Å². The van der Waals surface area contributed by atoms with Crippen molar-refractivity contribution in [1.29, 1.82) is 0 Å². The number of aliphatic hydroxyl groups excluding tert-OH is 1. The Hall–Kier alpha value is -1.10. The van der Waals surface area contributed by atoms with Gasteiger partial charge in [0.1, 0.15) is 6.61 Å². The van der Waals surface area contributed by atoms with E-state index < -0.39 is 0 Å². The van der Waals surface area contributed by atoms with Gasteiger partial charge in [-0.05, 0) is 0 Å². The number of nitrogens with zero attached hydrogens (tertiary/aromatic N) is 3. The monoisotopic (exact) mass is 143 g/mol. The second kappa shape index (κ2) is 2.66. The molecular weight excluding hydrogens is 134 g/mol. The van der Waals surface area contributed by atoms with Crippen LogP contribution in [0.4, 0.5) is 0 Å². The van der Waals surface area contributed by atoms with E-state index in [9.17, 15) is 0 Å². The summed E-state index contributed by atoms with van der Waals surface area (Å²) in [5, 5.41) is 15.9. The molecule has 0 amide bonds. The van der Waals surface area contributed by atoms with Gasteiger partial charge in [0.2, 0.25) is 0 Å². The maximum atomic E-state index is 8.65. The van der Waals surface area contributed by atoms with Crippen LogP contribution in [-0.4, -0.2) is 27.0 Å². The Morgan fingerprint density at radius 2 is 2.30 bits per heavy atom. The number of aromatic nitrogens is 3. The molecule has 0 saturated heterocycles. The lowest BCUT2D eigenvalue weighted by Gasteiger charge is -1.97. The summed E-state index contributed by atoms with van der Waals surface area (Å²) in [5.74, 6) is 0.497. The molecule has 0 aliphatic heterocycles. The lowest BCUT2D eigenvalue weighted by atomic mass is 10.6. The molecule has 1 aromatic rings. The maximum absolute atomic E-state index is 8.65. The van der Waals surface area contributed by atoms with E-state index in [4.69, 9.17) is 9.84 Å². The standard InChI is InChI=1S/C5H9N3O2/c1-8-4(3-9)6-7-5(8)10-2/h9H,3H2,1-2H3. The number of hydrogen-bond acceptors (Lipinski definition) is 4. The summed E-state index contributed by atoms with van der Waals surface area (Å²) in [4.78, 5) is 0. The van der Waals surface area contributed by atoms with Gasteiger partial charge >= 0.3 is 6.01 Å². The molecule has 0 bridgehead atoms. The molecule has 0 aliphatic carbocycles. The zero-order chi connectivity index (χ0) is 7.56. The number of rotatable bonds is 2. The maximum Gasteiger partial charge on any atom is 0.316 e. The molecule has 0 atom stereocenters. The van der Waals surface area contributed by atoms with Crippen LogP contribution in [0.3, 0.4) is 0 Å². The number of aliphatic hydroxyl groups is 1. The van der Waals surface area contributed by atoms with Gasteiger partial charge in [0.15, 0.2) is 5.82 Å². The summed E-state index contributed by atoms with van der Waals surface area (Å²) in [6.07, 6.45) is 0. The minimum Gasteiger partial charge on any atom is -0.467 e. The van der Waals surface area contributed by atoms with Crippen LogP contribution >= 0.6 is 0 Å². The van der Waals surface area contributed by atoms with Gasteiger partial charge in [-0.1, -0.05) is 5.10 Å². The fraction of sp³-hybridized carbons (Fsp3) is 0.600. The summed E-state index contributed by atoms with van der Waals surface area (Å²) in [5.41, 5.74) is 0. The molecule has 56 valence electrons. The molecule has 1 rings (SSSR count). The largest absolute Gasteiger partial charge is 0.467 e. The highest BCUT2D eigenvalue weighted by atomic mass is 16.5. The molecule has 1 N–H and O–H groups in total. The Morgan fingerprint density at radius 1 is 1.60 bits per heavy atom. The minimum absolute atomic E-state index is 0.118. The second-order valence-corrected chi connectivity index (χ2v) is 1.82. The Bertz CT molecular complexity index is 199. The predicted molar refractivity (Wildman–Crippen MR) is 33.5 cm³/mol. The van der Waals surface area contributed by atoms with Crippen molar-refractivity contribution in [2.24, 2.45) is 7.05 Å². The highest BCUT2D eigenvalue weighted by Gasteiger charge is 2.05. The molecule has 0 radical (unpaired) electrons. The van der Waals surface area contributed by atoms with Gasteiger partial charge in [-0.15, -0.1) is 5.10 Å². The van der Waals surface area contributed by atoms with Crippen molar-refractivity contribution in [3.63, 3.8) is 0 Å². The van der Waals surface area contributed by atoms with Crippen molar-refractivity contribution in [2.75, 3.05) is 7.11 Å². The van der Waals surface area contributed by atoms with Gasteiger partial charge in [0.25, 0.3) is 0 Å². The molecule has 5 nitrogen and oxygen atoms in total. The fourth-order valence-electron chi connectivity index (χ4n) is 0.661. The van der Waals surface area contributed by atoms with Gasteiger partial charge < -0.3 is 9.84 Å². The van der Waals surface area contributed by atoms with Crippen molar-refractivity contribution in [1.82, 2.24) is 14.8 Å². The van der Waals surface area contributed by atoms with Crippen LogP contribution in [-0.2, 0) is 13.7 Å². The van der Waals surface area contributed by atoms with Crippen LogP contribution in [0.1, 0.15) is 5.82 Å². The minimum atomic E-state index is -0.118. The number of hydrogen-bond donors (Lipinski definition) is 1. The van der Waals surface area contributed by atoms with Gasteiger partial charge in [-0.3, -0.25) is 4.57 Å². The molecule has 1 heterocycles. The van der Waals surface area contributed by atoms with Gasteiger partial charge in [-0.2, -0.15) is 0 Å². The first kappa shape index (κ1) is 7.01. The van der Waals surface area contributed by atoms with Crippen LogP contribution in [0.15, 0.2) is 0 Å². The van der Waals surface area contributed by atoms with Crippen molar-refractivity contribution in [2.45, 2.75) is 6.61 Å². The molecule has 0 spiro atoms. The lowest BCUT2D eigenvalue weighted by Crippen LogP contribution is -1.99. The summed E-state index contributed by atoms with van der Waals surface area (Å²) < 4.78 is 6.39. The van der Waals surface area contributed by atoms with Crippen molar-refractivity contribution >= 4 is 0 Å². The molecule has 0 saturated carbocycles. The fourth-order valence-corrected chi connectivity index (χ4v) is 0.661. The second-order valence-electron chi connectivity index (χ2n) is 1.82. The number of methoxy groups -OCH3 is 1. The third-order valence-electron chi connectivity index (χ3n) is 1.25. The Morgan fingerprint density at radius 3 is 2.60 bits per heavy atom. The van der Waals surface area contributed by atoms with Crippen molar-refractivity contribution < 1.29 is 9.84 Å². The average Bonchev–Trinajstić information content (AvgIpc) is 2.30. The zero-order valence-corrected chi connectivity index (χ0v) is 5.90. The first-order valence-corrected chi connectivity index (χ1v) is 2.82. The van der Waals surface area contributed by atoms with Crippen LogP contribution in [0.2, 0.25) is 0 Å². The first-order chi connectivity index (χ1) is 4.79. The normalized spacial score (nSPS) is 9.90. The molecule has 0 aliphatic rings. The molecule has 0 fully saturated rings. The quantitative estimate of drug-likeness (QED) is 0.595. The zero-order valence-electron chi connectivity index (χ0n) is 5.90. The molecule has 5 heteroatoms. The summed E-state index contributed by atoms with van der Waals surface area (Å²) in [6.45, 7) is -0.118. The topological polar surface area (TPSA) is 60.2 Å². The highest BCUT2D eigenvalue weighted by Crippen LogP contribution is 2.05. The summed E-state index contributed by atoms with van der Waals surface area (Å²) >= 11 is 0. The highest BCUT2D eigenvalue weighted by molar-refractivity contribution is 4.97. The Balaban J connectivity index is 2.97. The van der Waals surface area contributed by atoms with Crippen molar-refractivity contribution in [3.05, 3.63) is 5.82 Å². The molecule has 0 unspecified atom stereocenters. The average molecular weight is 143 g/mol. The molecule has 10 heavy (non-hydrogen) atoms. The van der Waals surface area contributed by atoms with E-state index in [0.29, 0.717) is 11.8 Å². The lowest BCUT2D eigenvalue weighted by molar-refractivity contribution is 0.264. The van der Waals surface area contributed by atoms with E-state index in [0.717, 1.165) is 0 Å². The van der Waals surface area contributed by atoms with E-state index in [1.54, 1.807) is 11.6 Å². The van der Waals surface area contributed by atoms with E-state index in [-0.39, 0.29) is 6.61 Å². The first-order valence-electron chi connectivity index (χ1n) is 2.82. The number of ether oxygens (including phenoxy) is 1. The van der Waals surface area contributed by atoms with Crippen LogP contribution < -0.4 is 4.74 Å². The third-order valence-corrected chi connectivity index (χ3v) is 1.25. The van der Waals surface area contributed by atoms with Crippen LogP contribution in [0, 0.1) is 0 Å². The van der Waals surface area contributed by atoms with E-state index in [1.807, 2.05) is 0 Å². The van der Waals surface area contributed by atoms with E-state index in [2.05, 4.69) is 10.2 Å². The van der Waals surface area contributed by atoms with Gasteiger partial charge in [0, 0.05) is 7.05 Å². The summed E-state index contributed by atoms with van der Waals surface area (Å²) in [7, 11) is 3.23. The Kier molecular flexibility index (Phi) is 1.86. The van der Waals surface area contributed by atoms with E-state index >= 15 is 0 Å². The SMILES string of the molecule is COc1nnc(CO)n1C. The Labute approximate surface area is 58.3 Å². The predicted octanol–water partition coefficient (Wildman–Crippen LogP) is -0.684. The van der Waals surface area contributed by atoms with Crippen LogP contribution in [0.5, 0.6) is 6.01 Å². The van der Waals surface area contributed by atoms with Crippen molar-refractivity contribution in [3.8, 4) is 6.01 Å². The summed E-state index contributed by atoms with van der Waals surface area (Å²) in [6, 6.07) is 0.407. The molecular formula is C5H9N3O2. The van der Waals surface area contributed by atoms with Crippen LogP contribution in [0.25, 0.3) is 0 Å². The van der Waals surface area contributed by atoms with Gasteiger partial charge in [-0.25, -0.2) is 0 Å². The van der Waals surface area contributed by atoms with E-state index in [1.165, 1.54) is 7.11 Å². The third kappa shape index (κ3) is 0.950. The molecule has 1 aromatic heterocycles. The molecule has 0 aromatic carbocycles.